The Morgan fingerprint density at radius 1 is 1.14 bits per heavy atom. The monoisotopic (exact) mass is 302 g/mol. The van der Waals surface area contributed by atoms with E-state index in [-0.39, 0.29) is 13.2 Å². The predicted octanol–water partition coefficient (Wildman–Crippen LogP) is 1.40. The highest BCUT2D eigenvalue weighted by Gasteiger charge is 2.38. The zero-order valence-corrected chi connectivity index (χ0v) is 13.0. The maximum Gasteiger partial charge on any atom is 0.114 e. The lowest BCUT2D eigenvalue weighted by atomic mass is 10.0. The highest BCUT2D eigenvalue weighted by Crippen LogP contribution is 2.19. The average Bonchev–Trinajstić information content (AvgIpc) is 2.48. The molecular formula is C16H30O5. The Kier molecular flexibility index (Phi) is 9.87. The molecule has 5 heteroatoms. The topological polar surface area (TPSA) is 79.2 Å². The van der Waals surface area contributed by atoms with Gasteiger partial charge in [-0.3, -0.25) is 0 Å². The number of aliphatic hydroxyl groups excluding tert-OH is 3. The molecule has 0 aromatic heterocycles. The summed E-state index contributed by atoms with van der Waals surface area (Å²) in [4.78, 5) is 0. The minimum absolute atomic E-state index is 0.0951. The van der Waals surface area contributed by atoms with Crippen molar-refractivity contribution >= 4 is 0 Å². The van der Waals surface area contributed by atoms with Gasteiger partial charge >= 0.3 is 0 Å². The molecule has 0 aliphatic carbocycles. The van der Waals surface area contributed by atoms with Crippen molar-refractivity contribution in [2.24, 2.45) is 0 Å². The molecule has 1 saturated heterocycles. The van der Waals surface area contributed by atoms with E-state index in [1.54, 1.807) is 0 Å². The minimum atomic E-state index is -0.973. The van der Waals surface area contributed by atoms with Crippen molar-refractivity contribution in [3.05, 3.63) is 12.2 Å². The molecule has 0 aromatic rings. The van der Waals surface area contributed by atoms with E-state index in [4.69, 9.17) is 14.6 Å². The first-order valence-electron chi connectivity index (χ1n) is 8.02. The van der Waals surface area contributed by atoms with Gasteiger partial charge in [-0.05, 0) is 26.2 Å². The van der Waals surface area contributed by atoms with Crippen LogP contribution in [0.15, 0.2) is 12.2 Å². The van der Waals surface area contributed by atoms with Crippen LogP contribution in [-0.2, 0) is 9.47 Å². The Morgan fingerprint density at radius 3 is 2.57 bits per heavy atom. The fourth-order valence-electron chi connectivity index (χ4n) is 2.51. The van der Waals surface area contributed by atoms with Gasteiger partial charge in [0.25, 0.3) is 0 Å². The van der Waals surface area contributed by atoms with Crippen molar-refractivity contribution in [2.45, 2.75) is 69.9 Å². The Balaban J connectivity index is 2.08. The molecule has 0 amide bonds. The summed E-state index contributed by atoms with van der Waals surface area (Å²) in [6.45, 7) is 2.39. The van der Waals surface area contributed by atoms with Crippen molar-refractivity contribution in [1.29, 1.82) is 0 Å². The predicted molar refractivity (Wildman–Crippen MR) is 81.1 cm³/mol. The van der Waals surface area contributed by atoms with E-state index in [9.17, 15) is 10.2 Å². The second-order valence-electron chi connectivity index (χ2n) is 5.57. The van der Waals surface area contributed by atoms with Gasteiger partial charge < -0.3 is 24.8 Å². The van der Waals surface area contributed by atoms with Crippen LogP contribution >= 0.6 is 0 Å². The molecule has 1 aliphatic rings. The van der Waals surface area contributed by atoms with Gasteiger partial charge in [0.1, 0.15) is 24.4 Å². The summed E-state index contributed by atoms with van der Waals surface area (Å²) in [7, 11) is 0. The van der Waals surface area contributed by atoms with Crippen LogP contribution in [0.2, 0.25) is 0 Å². The van der Waals surface area contributed by atoms with Crippen molar-refractivity contribution in [3.8, 4) is 0 Å². The first kappa shape index (κ1) is 18.6. The quantitative estimate of drug-likeness (QED) is 0.420. The van der Waals surface area contributed by atoms with Crippen molar-refractivity contribution in [2.75, 3.05) is 19.8 Å². The highest BCUT2D eigenvalue weighted by atomic mass is 16.6. The second kappa shape index (κ2) is 11.2. The van der Waals surface area contributed by atoms with Gasteiger partial charge in [-0.1, -0.05) is 31.4 Å². The molecule has 0 saturated carbocycles. The molecule has 4 atom stereocenters. The maximum absolute atomic E-state index is 9.95. The number of hydrogen-bond donors (Lipinski definition) is 3. The molecular weight excluding hydrogens is 272 g/mol. The Hall–Kier alpha value is -0.460. The zero-order chi connectivity index (χ0) is 15.5. The van der Waals surface area contributed by atoms with Crippen LogP contribution in [0.5, 0.6) is 0 Å². The second-order valence-corrected chi connectivity index (χ2v) is 5.57. The number of hydrogen-bond acceptors (Lipinski definition) is 5. The third-order valence-electron chi connectivity index (χ3n) is 3.82. The summed E-state index contributed by atoms with van der Waals surface area (Å²) in [5.74, 6) is 0. The number of aliphatic hydroxyl groups is 3. The van der Waals surface area contributed by atoms with Gasteiger partial charge in [0.2, 0.25) is 0 Å². The van der Waals surface area contributed by atoms with E-state index >= 15 is 0 Å². The van der Waals surface area contributed by atoms with E-state index in [1.807, 2.05) is 6.92 Å². The number of unbranched alkanes of at least 4 members (excludes halogenated alkanes) is 5. The molecule has 0 aromatic carbocycles. The van der Waals surface area contributed by atoms with Gasteiger partial charge in [-0.2, -0.15) is 0 Å². The molecule has 0 bridgehead atoms. The van der Waals surface area contributed by atoms with Crippen LogP contribution in [0.1, 0.15) is 45.4 Å². The maximum atomic E-state index is 9.95. The summed E-state index contributed by atoms with van der Waals surface area (Å²) in [6, 6.07) is 0. The third-order valence-corrected chi connectivity index (χ3v) is 3.82. The summed E-state index contributed by atoms with van der Waals surface area (Å²) in [6.07, 6.45) is 7.93. The lowest BCUT2D eigenvalue weighted by molar-refractivity contribution is -0.210. The van der Waals surface area contributed by atoms with E-state index in [0.717, 1.165) is 19.3 Å². The third kappa shape index (κ3) is 6.89. The molecule has 1 fully saturated rings. The molecule has 1 heterocycles. The minimum Gasteiger partial charge on any atom is -0.394 e. The number of rotatable bonds is 10. The van der Waals surface area contributed by atoms with Crippen molar-refractivity contribution in [1.82, 2.24) is 0 Å². The SMILES string of the molecule is C/C=C/CCCCCCCO[C@@H]1[C@@H](O)[C@H](CO)OC[C@H]1O. The smallest absolute Gasteiger partial charge is 0.114 e. The van der Waals surface area contributed by atoms with E-state index in [0.29, 0.717) is 6.61 Å². The van der Waals surface area contributed by atoms with Gasteiger partial charge in [-0.15, -0.1) is 0 Å². The standard InChI is InChI=1S/C16H30O5/c1-2-3-4-5-6-7-8-9-10-20-16-13(18)12-21-14(11-17)15(16)19/h2-3,13-19H,4-12H2,1H3/b3-2+/t13-,14+,15+,16+/m1/s1. The largest absolute Gasteiger partial charge is 0.394 e. The normalized spacial score (nSPS) is 30.1. The molecule has 1 rings (SSSR count). The van der Waals surface area contributed by atoms with Crippen molar-refractivity contribution in [3.63, 3.8) is 0 Å². The van der Waals surface area contributed by atoms with E-state index < -0.39 is 24.4 Å². The van der Waals surface area contributed by atoms with Gasteiger partial charge in [0.15, 0.2) is 0 Å². The molecule has 124 valence electrons. The summed E-state index contributed by atoms with van der Waals surface area (Å²) in [5, 5.41) is 28.8. The highest BCUT2D eigenvalue weighted by molar-refractivity contribution is 4.87. The fourth-order valence-corrected chi connectivity index (χ4v) is 2.51. The fraction of sp³-hybridized carbons (Fsp3) is 0.875. The molecule has 0 unspecified atom stereocenters. The first-order chi connectivity index (χ1) is 10.2. The van der Waals surface area contributed by atoms with E-state index in [2.05, 4.69) is 12.2 Å². The lowest BCUT2D eigenvalue weighted by Gasteiger charge is -2.37. The van der Waals surface area contributed by atoms with Crippen LogP contribution in [-0.4, -0.2) is 59.6 Å². The summed E-state index contributed by atoms with van der Waals surface area (Å²) >= 11 is 0. The molecule has 5 nitrogen and oxygen atoms in total. The van der Waals surface area contributed by atoms with E-state index in [1.165, 1.54) is 19.3 Å². The van der Waals surface area contributed by atoms with Crippen LogP contribution in [0.3, 0.4) is 0 Å². The molecule has 21 heavy (non-hydrogen) atoms. The summed E-state index contributed by atoms with van der Waals surface area (Å²) in [5.41, 5.74) is 0. The molecule has 0 radical (unpaired) electrons. The van der Waals surface area contributed by atoms with Crippen LogP contribution in [0.25, 0.3) is 0 Å². The molecule has 1 aliphatic heterocycles. The molecule has 3 N–H and O–H groups in total. The van der Waals surface area contributed by atoms with Crippen molar-refractivity contribution < 1.29 is 24.8 Å². The average molecular weight is 302 g/mol. The van der Waals surface area contributed by atoms with Gasteiger partial charge in [0, 0.05) is 6.61 Å². The number of allylic oxidation sites excluding steroid dienone is 2. The zero-order valence-electron chi connectivity index (χ0n) is 13.0. The van der Waals surface area contributed by atoms with Crippen LogP contribution in [0, 0.1) is 0 Å². The molecule has 0 spiro atoms. The lowest BCUT2D eigenvalue weighted by Crippen LogP contribution is -2.55. The van der Waals surface area contributed by atoms with Gasteiger partial charge in [0.05, 0.1) is 13.2 Å². The van der Waals surface area contributed by atoms with Crippen LogP contribution < -0.4 is 0 Å². The number of ether oxygens (including phenoxy) is 2. The van der Waals surface area contributed by atoms with Crippen LogP contribution in [0.4, 0.5) is 0 Å². The first-order valence-corrected chi connectivity index (χ1v) is 8.02. The summed E-state index contributed by atoms with van der Waals surface area (Å²) < 4.78 is 10.7. The Labute approximate surface area is 127 Å². The van der Waals surface area contributed by atoms with Gasteiger partial charge in [-0.25, -0.2) is 0 Å². The Morgan fingerprint density at radius 2 is 1.86 bits per heavy atom. The Bertz CT molecular complexity index is 282.